The van der Waals surface area contributed by atoms with Crippen molar-refractivity contribution in [1.82, 2.24) is 5.16 Å². The molecule has 1 atom stereocenters. The van der Waals surface area contributed by atoms with Gasteiger partial charge >= 0.3 is 5.97 Å². The highest BCUT2D eigenvalue weighted by atomic mass is 16.5. The first-order valence-electron chi connectivity index (χ1n) is 8.19. The highest BCUT2D eigenvalue weighted by Gasteiger charge is 2.36. The second-order valence-corrected chi connectivity index (χ2v) is 5.87. The molecule has 0 radical (unpaired) electrons. The first kappa shape index (κ1) is 17.0. The summed E-state index contributed by atoms with van der Waals surface area (Å²) in [6, 6.07) is 8.95. The molecule has 0 spiro atoms. The van der Waals surface area contributed by atoms with Crippen LogP contribution in [-0.4, -0.2) is 30.2 Å². The quantitative estimate of drug-likeness (QED) is 0.749. The fourth-order valence-corrected chi connectivity index (χ4v) is 2.75. The van der Waals surface area contributed by atoms with Crippen LogP contribution in [0.2, 0.25) is 0 Å². The Morgan fingerprint density at radius 1 is 1.36 bits per heavy atom. The van der Waals surface area contributed by atoms with Crippen LogP contribution in [0.15, 0.2) is 34.9 Å². The third-order valence-corrected chi connectivity index (χ3v) is 3.95. The van der Waals surface area contributed by atoms with E-state index in [4.69, 9.17) is 14.0 Å². The fraction of sp³-hybridized carbons (Fsp3) is 0.389. The highest BCUT2D eigenvalue weighted by molar-refractivity contribution is 5.99. The van der Waals surface area contributed by atoms with Crippen molar-refractivity contribution in [3.63, 3.8) is 0 Å². The predicted octanol–water partition coefficient (Wildman–Crippen LogP) is 2.48. The van der Waals surface area contributed by atoms with E-state index in [1.54, 1.807) is 17.9 Å². The van der Waals surface area contributed by atoms with E-state index < -0.39 is 11.9 Å². The van der Waals surface area contributed by atoms with Gasteiger partial charge in [-0.3, -0.25) is 9.59 Å². The molecule has 25 heavy (non-hydrogen) atoms. The number of anilines is 1. The van der Waals surface area contributed by atoms with Crippen LogP contribution in [0.3, 0.4) is 0 Å². The molecule has 2 aromatic rings. The van der Waals surface area contributed by atoms with E-state index >= 15 is 0 Å². The molecule has 1 aromatic carbocycles. The molecule has 2 heterocycles. The van der Waals surface area contributed by atoms with Crippen molar-refractivity contribution in [3.8, 4) is 5.75 Å². The van der Waals surface area contributed by atoms with Crippen LogP contribution < -0.4 is 9.64 Å². The first-order valence-corrected chi connectivity index (χ1v) is 8.19. The van der Waals surface area contributed by atoms with Gasteiger partial charge in [0.1, 0.15) is 5.75 Å². The lowest BCUT2D eigenvalue weighted by molar-refractivity contribution is -0.150. The molecule has 0 aliphatic carbocycles. The summed E-state index contributed by atoms with van der Waals surface area (Å²) in [6.45, 7) is 4.61. The van der Waals surface area contributed by atoms with Crippen LogP contribution >= 0.6 is 0 Å². The van der Waals surface area contributed by atoms with Crippen LogP contribution in [-0.2, 0) is 20.9 Å². The summed E-state index contributed by atoms with van der Waals surface area (Å²) in [5, 5.41) is 3.74. The molecule has 1 saturated heterocycles. The van der Waals surface area contributed by atoms with Gasteiger partial charge in [-0.15, -0.1) is 0 Å². The van der Waals surface area contributed by atoms with Gasteiger partial charge in [0.25, 0.3) is 0 Å². The predicted molar refractivity (Wildman–Crippen MR) is 89.1 cm³/mol. The van der Waals surface area contributed by atoms with Gasteiger partial charge in [0, 0.05) is 24.7 Å². The van der Waals surface area contributed by atoms with Gasteiger partial charge in [0.05, 0.1) is 18.2 Å². The highest BCUT2D eigenvalue weighted by Crippen LogP contribution is 2.27. The third-order valence-electron chi connectivity index (χ3n) is 3.95. The standard InChI is InChI=1S/C18H20N2O5/c1-3-23-15-6-4-14(5-7-15)20-10-13(9-17(20)21)18(22)24-11-16-8-12(2)19-25-16/h4-8,13H,3,9-11H2,1-2H3. The molecular formula is C18H20N2O5. The number of hydrogen-bond donors (Lipinski definition) is 0. The molecule has 7 heteroatoms. The van der Waals surface area contributed by atoms with Gasteiger partial charge in [-0.2, -0.15) is 0 Å². The lowest BCUT2D eigenvalue weighted by Crippen LogP contribution is -2.26. The van der Waals surface area contributed by atoms with E-state index in [0.29, 0.717) is 18.9 Å². The van der Waals surface area contributed by atoms with Crippen molar-refractivity contribution in [1.29, 1.82) is 0 Å². The molecule has 1 aliphatic heterocycles. The summed E-state index contributed by atoms with van der Waals surface area (Å²) in [5.41, 5.74) is 1.47. The van der Waals surface area contributed by atoms with Crippen molar-refractivity contribution in [2.75, 3.05) is 18.1 Å². The Kier molecular flexibility index (Phi) is 5.02. The smallest absolute Gasteiger partial charge is 0.311 e. The van der Waals surface area contributed by atoms with E-state index in [0.717, 1.165) is 17.1 Å². The number of hydrogen-bond acceptors (Lipinski definition) is 6. The average Bonchev–Trinajstić information content (AvgIpc) is 3.19. The summed E-state index contributed by atoms with van der Waals surface area (Å²) < 4.78 is 15.6. The van der Waals surface area contributed by atoms with E-state index in [1.807, 2.05) is 31.2 Å². The van der Waals surface area contributed by atoms with Crippen LogP contribution in [0.5, 0.6) is 5.75 Å². The second-order valence-electron chi connectivity index (χ2n) is 5.87. The molecule has 0 saturated carbocycles. The van der Waals surface area contributed by atoms with E-state index in [1.165, 1.54) is 0 Å². The van der Waals surface area contributed by atoms with Crippen LogP contribution in [0.25, 0.3) is 0 Å². The molecule has 1 aliphatic rings. The SMILES string of the molecule is CCOc1ccc(N2CC(C(=O)OCc3cc(C)no3)CC2=O)cc1. The van der Waals surface area contributed by atoms with Crippen molar-refractivity contribution in [2.45, 2.75) is 26.9 Å². The van der Waals surface area contributed by atoms with Crippen molar-refractivity contribution >= 4 is 17.6 Å². The number of aromatic nitrogens is 1. The Morgan fingerprint density at radius 2 is 2.12 bits per heavy atom. The zero-order chi connectivity index (χ0) is 17.8. The summed E-state index contributed by atoms with van der Waals surface area (Å²) in [7, 11) is 0. The number of amides is 1. The van der Waals surface area contributed by atoms with Gasteiger partial charge in [0.2, 0.25) is 5.91 Å². The zero-order valence-corrected chi connectivity index (χ0v) is 14.2. The third kappa shape index (κ3) is 3.99. The Bertz CT molecular complexity index is 753. The van der Waals surface area contributed by atoms with Gasteiger partial charge in [-0.1, -0.05) is 5.16 Å². The lowest BCUT2D eigenvalue weighted by atomic mass is 10.1. The summed E-state index contributed by atoms with van der Waals surface area (Å²) in [5.74, 6) is 0.246. The summed E-state index contributed by atoms with van der Waals surface area (Å²) >= 11 is 0. The summed E-state index contributed by atoms with van der Waals surface area (Å²) in [6.07, 6.45) is 0.140. The minimum Gasteiger partial charge on any atom is -0.494 e. The Labute approximate surface area is 145 Å². The van der Waals surface area contributed by atoms with E-state index in [2.05, 4.69) is 5.16 Å². The molecule has 132 valence electrons. The lowest BCUT2D eigenvalue weighted by Gasteiger charge is -2.17. The Hall–Kier alpha value is -2.83. The van der Waals surface area contributed by atoms with Crippen LogP contribution in [0.4, 0.5) is 5.69 Å². The normalized spacial score (nSPS) is 17.0. The van der Waals surface area contributed by atoms with E-state index in [-0.39, 0.29) is 18.9 Å². The number of rotatable bonds is 6. The number of carbonyl (C=O) groups excluding carboxylic acids is 2. The number of aryl methyl sites for hydroxylation is 1. The zero-order valence-electron chi connectivity index (χ0n) is 14.2. The summed E-state index contributed by atoms with van der Waals surface area (Å²) in [4.78, 5) is 26.0. The molecular weight excluding hydrogens is 324 g/mol. The fourth-order valence-electron chi connectivity index (χ4n) is 2.75. The average molecular weight is 344 g/mol. The minimum atomic E-state index is -0.483. The van der Waals surface area contributed by atoms with Crippen molar-refractivity contribution < 1.29 is 23.6 Å². The van der Waals surface area contributed by atoms with Gasteiger partial charge < -0.3 is 18.9 Å². The molecule has 1 fully saturated rings. The Morgan fingerprint density at radius 3 is 2.76 bits per heavy atom. The maximum atomic E-state index is 12.2. The van der Waals surface area contributed by atoms with Crippen molar-refractivity contribution in [2.24, 2.45) is 5.92 Å². The number of benzene rings is 1. The Balaban J connectivity index is 1.58. The van der Waals surface area contributed by atoms with Gasteiger partial charge in [0.15, 0.2) is 12.4 Å². The molecule has 1 unspecified atom stereocenters. The number of ether oxygens (including phenoxy) is 2. The largest absolute Gasteiger partial charge is 0.494 e. The molecule has 1 amide bonds. The molecule has 0 bridgehead atoms. The number of nitrogens with zero attached hydrogens (tertiary/aromatic N) is 2. The van der Waals surface area contributed by atoms with Gasteiger partial charge in [-0.25, -0.2) is 0 Å². The maximum absolute atomic E-state index is 12.2. The number of carbonyl (C=O) groups is 2. The molecule has 0 N–H and O–H groups in total. The second kappa shape index (κ2) is 7.38. The van der Waals surface area contributed by atoms with Gasteiger partial charge in [-0.05, 0) is 38.1 Å². The monoisotopic (exact) mass is 344 g/mol. The minimum absolute atomic E-state index is 0.0212. The topological polar surface area (TPSA) is 81.9 Å². The van der Waals surface area contributed by atoms with Crippen LogP contribution in [0, 0.1) is 12.8 Å². The van der Waals surface area contributed by atoms with E-state index in [9.17, 15) is 9.59 Å². The molecule has 7 nitrogen and oxygen atoms in total. The van der Waals surface area contributed by atoms with Crippen LogP contribution in [0.1, 0.15) is 24.8 Å². The number of esters is 1. The van der Waals surface area contributed by atoms with Crippen molar-refractivity contribution in [3.05, 3.63) is 41.8 Å². The molecule has 3 rings (SSSR count). The maximum Gasteiger partial charge on any atom is 0.311 e. The molecule has 1 aromatic heterocycles. The first-order chi connectivity index (χ1) is 12.1.